The van der Waals surface area contributed by atoms with Gasteiger partial charge in [-0.25, -0.2) is 4.98 Å². The Morgan fingerprint density at radius 2 is 2.10 bits per heavy atom. The Bertz CT molecular complexity index is 449. The van der Waals surface area contributed by atoms with Gasteiger partial charge in [0.05, 0.1) is 6.61 Å². The summed E-state index contributed by atoms with van der Waals surface area (Å²) < 4.78 is 5.04. The van der Waals surface area contributed by atoms with E-state index in [-0.39, 0.29) is 11.9 Å². The Hall–Kier alpha value is -1.62. The summed E-state index contributed by atoms with van der Waals surface area (Å²) in [4.78, 5) is 16.8. The summed E-state index contributed by atoms with van der Waals surface area (Å²) in [5, 5.41) is 6.18. The van der Waals surface area contributed by atoms with E-state index in [1.165, 1.54) is 0 Å². The van der Waals surface area contributed by atoms with Gasteiger partial charge in [0.2, 0.25) is 0 Å². The van der Waals surface area contributed by atoms with Crippen molar-refractivity contribution >= 4 is 11.7 Å². The highest BCUT2D eigenvalue weighted by atomic mass is 16.5. The van der Waals surface area contributed by atoms with Crippen molar-refractivity contribution in [2.24, 2.45) is 0 Å². The third-order valence-electron chi connectivity index (χ3n) is 3.00. The van der Waals surface area contributed by atoms with Crippen LogP contribution in [0.25, 0.3) is 0 Å². The van der Waals surface area contributed by atoms with Gasteiger partial charge < -0.3 is 15.4 Å². The number of carbonyl (C=O) groups is 1. The molecule has 0 radical (unpaired) electrons. The van der Waals surface area contributed by atoms with E-state index in [4.69, 9.17) is 4.74 Å². The van der Waals surface area contributed by atoms with Crippen LogP contribution in [0.4, 0.5) is 5.82 Å². The summed E-state index contributed by atoms with van der Waals surface area (Å²) in [6, 6.07) is 3.66. The molecule has 1 aromatic heterocycles. The number of aromatic nitrogens is 1. The molecule has 0 aromatic carbocycles. The highest BCUT2D eigenvalue weighted by Gasteiger charge is 2.12. The molecule has 1 amide bonds. The smallest absolute Gasteiger partial charge is 0.251 e. The highest BCUT2D eigenvalue weighted by molar-refractivity contribution is 5.95. The van der Waals surface area contributed by atoms with E-state index in [1.54, 1.807) is 7.11 Å². The summed E-state index contributed by atoms with van der Waals surface area (Å²) in [5.74, 6) is 0.686. The molecule has 118 valence electrons. The number of aryl methyl sites for hydroxylation is 1. The molecule has 1 atom stereocenters. The maximum atomic E-state index is 12.3. The first-order chi connectivity index (χ1) is 10.1. The number of carbonyl (C=O) groups excluding carboxylic acids is 1. The van der Waals surface area contributed by atoms with Gasteiger partial charge in [0.15, 0.2) is 0 Å². The van der Waals surface area contributed by atoms with Gasteiger partial charge in [-0.05, 0) is 31.9 Å². The van der Waals surface area contributed by atoms with Crippen LogP contribution in [0.3, 0.4) is 0 Å². The van der Waals surface area contributed by atoms with Crippen molar-refractivity contribution in [3.63, 3.8) is 0 Å². The Kier molecular flexibility index (Phi) is 7.75. The summed E-state index contributed by atoms with van der Waals surface area (Å²) in [6.45, 7) is 7.48. The van der Waals surface area contributed by atoms with E-state index < -0.39 is 0 Å². The van der Waals surface area contributed by atoms with Crippen molar-refractivity contribution in [1.82, 2.24) is 10.3 Å². The lowest BCUT2D eigenvalue weighted by Crippen LogP contribution is -2.35. The average molecular weight is 293 g/mol. The molecule has 0 aliphatic carbocycles. The highest BCUT2D eigenvalue weighted by Crippen LogP contribution is 2.13. The number of rotatable bonds is 9. The van der Waals surface area contributed by atoms with E-state index in [2.05, 4.69) is 29.5 Å². The van der Waals surface area contributed by atoms with Crippen LogP contribution >= 0.6 is 0 Å². The molecule has 0 aliphatic heterocycles. The van der Waals surface area contributed by atoms with Crippen LogP contribution in [0.15, 0.2) is 12.1 Å². The Morgan fingerprint density at radius 3 is 2.71 bits per heavy atom. The summed E-state index contributed by atoms with van der Waals surface area (Å²) in [5.41, 5.74) is 1.60. The van der Waals surface area contributed by atoms with Gasteiger partial charge in [-0.3, -0.25) is 4.79 Å². The van der Waals surface area contributed by atoms with Crippen LogP contribution < -0.4 is 10.6 Å². The molecule has 2 N–H and O–H groups in total. The number of anilines is 1. The molecule has 21 heavy (non-hydrogen) atoms. The fraction of sp³-hybridized carbons (Fsp3) is 0.625. The second-order valence-corrected chi connectivity index (χ2v) is 5.24. The summed E-state index contributed by atoms with van der Waals surface area (Å²) in [7, 11) is 1.63. The average Bonchev–Trinajstić information content (AvgIpc) is 2.45. The Labute approximate surface area is 127 Å². The quantitative estimate of drug-likeness (QED) is 0.734. The molecule has 5 nitrogen and oxygen atoms in total. The normalized spacial score (nSPS) is 12.0. The number of ether oxygens (including phenoxy) is 1. The molecule has 1 aromatic rings. The molecular weight excluding hydrogens is 266 g/mol. The van der Waals surface area contributed by atoms with Crippen molar-refractivity contribution in [2.45, 2.75) is 46.1 Å². The van der Waals surface area contributed by atoms with Crippen molar-refractivity contribution in [3.05, 3.63) is 23.4 Å². The van der Waals surface area contributed by atoms with Crippen LogP contribution in [0, 0.1) is 0 Å². The van der Waals surface area contributed by atoms with Crippen LogP contribution in [0.2, 0.25) is 0 Å². The molecule has 1 heterocycles. The predicted octanol–water partition coefficient (Wildman–Crippen LogP) is 2.62. The number of hydrogen-bond donors (Lipinski definition) is 2. The van der Waals surface area contributed by atoms with E-state index in [0.717, 1.165) is 37.3 Å². The van der Waals surface area contributed by atoms with Crippen LogP contribution in [0.1, 0.15) is 49.7 Å². The fourth-order valence-electron chi connectivity index (χ4n) is 2.05. The number of nitrogens with zero attached hydrogens (tertiary/aromatic N) is 1. The van der Waals surface area contributed by atoms with Crippen LogP contribution in [-0.4, -0.2) is 37.2 Å². The first-order valence-electron chi connectivity index (χ1n) is 7.65. The fourth-order valence-corrected chi connectivity index (χ4v) is 2.05. The molecule has 0 saturated heterocycles. The van der Waals surface area contributed by atoms with Crippen molar-refractivity contribution < 1.29 is 9.53 Å². The first kappa shape index (κ1) is 17.4. The van der Waals surface area contributed by atoms with E-state index in [1.807, 2.05) is 19.1 Å². The maximum absolute atomic E-state index is 12.3. The summed E-state index contributed by atoms with van der Waals surface area (Å²) in [6.07, 6.45) is 2.90. The monoisotopic (exact) mass is 293 g/mol. The van der Waals surface area contributed by atoms with Crippen LogP contribution in [-0.2, 0) is 11.2 Å². The van der Waals surface area contributed by atoms with Gasteiger partial charge >= 0.3 is 0 Å². The van der Waals surface area contributed by atoms with Gasteiger partial charge in [-0.1, -0.05) is 20.3 Å². The molecule has 5 heteroatoms. The third kappa shape index (κ3) is 6.12. The zero-order chi connectivity index (χ0) is 15.7. The Balaban J connectivity index is 2.87. The molecule has 0 spiro atoms. The molecule has 1 unspecified atom stereocenters. The lowest BCUT2D eigenvalue weighted by molar-refractivity contribution is 0.0905. The molecule has 0 aliphatic rings. The molecule has 0 saturated carbocycles. The number of nitrogens with one attached hydrogen (secondary N) is 2. The number of pyridine rings is 1. The van der Waals surface area contributed by atoms with Crippen LogP contribution in [0.5, 0.6) is 0 Å². The second kappa shape index (κ2) is 9.34. The molecule has 0 fully saturated rings. The standard InChI is InChI=1S/C16H27N3O2/c1-5-7-14-9-13(10-15(19-14)17-8-6-2)16(20)18-12(3)11-21-4/h9-10,12H,5-8,11H2,1-4H3,(H,17,19)(H,18,20). The van der Waals surface area contributed by atoms with E-state index in [0.29, 0.717) is 12.2 Å². The predicted molar refractivity (Wildman–Crippen MR) is 85.8 cm³/mol. The number of amides is 1. The SMILES string of the molecule is CCCNc1cc(C(=O)NC(C)COC)cc(CCC)n1. The largest absolute Gasteiger partial charge is 0.383 e. The molecule has 0 bridgehead atoms. The van der Waals surface area contributed by atoms with Gasteiger partial charge in [0, 0.05) is 31.0 Å². The maximum Gasteiger partial charge on any atom is 0.251 e. The topological polar surface area (TPSA) is 63.2 Å². The number of methoxy groups -OCH3 is 1. The molecule has 1 rings (SSSR count). The van der Waals surface area contributed by atoms with Crippen molar-refractivity contribution in [2.75, 3.05) is 25.6 Å². The van der Waals surface area contributed by atoms with Gasteiger partial charge in [-0.15, -0.1) is 0 Å². The minimum Gasteiger partial charge on any atom is -0.383 e. The van der Waals surface area contributed by atoms with Gasteiger partial charge in [0.25, 0.3) is 5.91 Å². The zero-order valence-corrected chi connectivity index (χ0v) is 13.5. The lowest BCUT2D eigenvalue weighted by atomic mass is 10.1. The number of hydrogen-bond acceptors (Lipinski definition) is 4. The van der Waals surface area contributed by atoms with Crippen molar-refractivity contribution in [3.8, 4) is 0 Å². The van der Waals surface area contributed by atoms with E-state index in [9.17, 15) is 4.79 Å². The lowest BCUT2D eigenvalue weighted by Gasteiger charge is -2.14. The minimum atomic E-state index is -0.0844. The third-order valence-corrected chi connectivity index (χ3v) is 3.00. The van der Waals surface area contributed by atoms with E-state index >= 15 is 0 Å². The second-order valence-electron chi connectivity index (χ2n) is 5.24. The van der Waals surface area contributed by atoms with Gasteiger partial charge in [0.1, 0.15) is 5.82 Å². The zero-order valence-electron chi connectivity index (χ0n) is 13.5. The molecular formula is C16H27N3O2. The Morgan fingerprint density at radius 1 is 1.33 bits per heavy atom. The first-order valence-corrected chi connectivity index (χ1v) is 7.65. The minimum absolute atomic E-state index is 0.0164. The van der Waals surface area contributed by atoms with Crippen molar-refractivity contribution in [1.29, 1.82) is 0 Å². The summed E-state index contributed by atoms with van der Waals surface area (Å²) >= 11 is 0. The van der Waals surface area contributed by atoms with Gasteiger partial charge in [-0.2, -0.15) is 0 Å².